The standard InChI is InChI=1S/C11H17F2N/c1-10(2)5-3-4-7-14-8-6-11(12,13)9-14/h4-5,10H,6-9H2,1-2H3. The Kier molecular flexibility index (Phi) is 3.85. The molecule has 1 nitrogen and oxygen atoms in total. The van der Waals surface area contributed by atoms with E-state index in [4.69, 9.17) is 0 Å². The summed E-state index contributed by atoms with van der Waals surface area (Å²) in [7, 11) is 0. The number of hydrogen-bond acceptors (Lipinski definition) is 1. The molecular formula is C11H17F2N. The van der Waals surface area contributed by atoms with Crippen molar-refractivity contribution in [3.05, 3.63) is 17.9 Å². The van der Waals surface area contributed by atoms with Crippen molar-refractivity contribution in [1.82, 2.24) is 4.90 Å². The average molecular weight is 201 g/mol. The molecule has 3 heteroatoms. The van der Waals surface area contributed by atoms with Crippen molar-refractivity contribution in [1.29, 1.82) is 0 Å². The quantitative estimate of drug-likeness (QED) is 0.634. The smallest absolute Gasteiger partial charge is 0.261 e. The molecule has 0 aromatic rings. The van der Waals surface area contributed by atoms with Gasteiger partial charge in [0.05, 0.1) is 6.54 Å². The summed E-state index contributed by atoms with van der Waals surface area (Å²) >= 11 is 0. The van der Waals surface area contributed by atoms with E-state index in [1.54, 1.807) is 4.90 Å². The van der Waals surface area contributed by atoms with E-state index in [-0.39, 0.29) is 13.0 Å². The monoisotopic (exact) mass is 201 g/mol. The summed E-state index contributed by atoms with van der Waals surface area (Å²) in [5.74, 6) is -2.01. The molecule has 1 aliphatic heterocycles. The molecular weight excluding hydrogens is 184 g/mol. The van der Waals surface area contributed by atoms with E-state index >= 15 is 0 Å². The van der Waals surface area contributed by atoms with Gasteiger partial charge in [0.15, 0.2) is 0 Å². The third-order valence-electron chi connectivity index (χ3n) is 2.15. The highest BCUT2D eigenvalue weighted by Crippen LogP contribution is 2.26. The van der Waals surface area contributed by atoms with Crippen LogP contribution in [0.5, 0.6) is 0 Å². The van der Waals surface area contributed by atoms with Crippen molar-refractivity contribution in [2.24, 2.45) is 5.92 Å². The van der Waals surface area contributed by atoms with Crippen LogP contribution in [0.1, 0.15) is 20.3 Å². The van der Waals surface area contributed by atoms with Crippen LogP contribution in [0.4, 0.5) is 8.78 Å². The van der Waals surface area contributed by atoms with Gasteiger partial charge in [-0.25, -0.2) is 8.78 Å². The summed E-state index contributed by atoms with van der Waals surface area (Å²) in [6.07, 6.45) is 3.75. The largest absolute Gasteiger partial charge is 0.293 e. The van der Waals surface area contributed by atoms with Gasteiger partial charge in [0.2, 0.25) is 0 Å². The molecule has 0 bridgehead atoms. The average Bonchev–Trinajstić information content (AvgIpc) is 2.39. The van der Waals surface area contributed by atoms with E-state index in [0.29, 0.717) is 19.0 Å². The third kappa shape index (κ3) is 4.03. The Morgan fingerprint density at radius 2 is 2.21 bits per heavy atom. The van der Waals surface area contributed by atoms with Crippen molar-refractivity contribution in [3.8, 4) is 0 Å². The molecule has 1 aliphatic rings. The van der Waals surface area contributed by atoms with Crippen LogP contribution in [0.15, 0.2) is 17.9 Å². The third-order valence-corrected chi connectivity index (χ3v) is 2.15. The van der Waals surface area contributed by atoms with Crippen LogP contribution in [0.3, 0.4) is 0 Å². The van der Waals surface area contributed by atoms with Crippen molar-refractivity contribution < 1.29 is 8.78 Å². The highest BCUT2D eigenvalue weighted by molar-refractivity contribution is 4.91. The zero-order valence-electron chi connectivity index (χ0n) is 8.76. The van der Waals surface area contributed by atoms with Gasteiger partial charge in [0, 0.05) is 19.5 Å². The van der Waals surface area contributed by atoms with Crippen LogP contribution >= 0.6 is 0 Å². The van der Waals surface area contributed by atoms with E-state index in [1.807, 2.05) is 12.2 Å². The van der Waals surface area contributed by atoms with E-state index in [1.165, 1.54) is 0 Å². The predicted octanol–water partition coefficient (Wildman–Crippen LogP) is 2.69. The normalized spacial score (nSPS) is 20.9. The Bertz CT molecular complexity index is 240. The molecule has 0 atom stereocenters. The maximum absolute atomic E-state index is 12.7. The Hall–Kier alpha value is -0.660. The van der Waals surface area contributed by atoms with Gasteiger partial charge >= 0.3 is 0 Å². The van der Waals surface area contributed by atoms with Crippen molar-refractivity contribution in [2.75, 3.05) is 19.6 Å². The lowest BCUT2D eigenvalue weighted by molar-refractivity contribution is 0.0133. The van der Waals surface area contributed by atoms with Gasteiger partial charge in [-0.05, 0) is 18.1 Å². The van der Waals surface area contributed by atoms with Crippen molar-refractivity contribution in [2.45, 2.75) is 26.2 Å². The van der Waals surface area contributed by atoms with Crippen LogP contribution in [-0.4, -0.2) is 30.5 Å². The molecule has 0 aliphatic carbocycles. The van der Waals surface area contributed by atoms with Crippen LogP contribution < -0.4 is 0 Å². The lowest BCUT2D eigenvalue weighted by Gasteiger charge is -2.11. The number of nitrogens with zero attached hydrogens (tertiary/aromatic N) is 1. The van der Waals surface area contributed by atoms with Gasteiger partial charge in [-0.1, -0.05) is 13.8 Å². The van der Waals surface area contributed by atoms with E-state index in [0.717, 1.165) is 0 Å². The van der Waals surface area contributed by atoms with Crippen LogP contribution in [0.2, 0.25) is 0 Å². The molecule has 0 saturated carbocycles. The summed E-state index contributed by atoms with van der Waals surface area (Å²) < 4.78 is 25.5. The van der Waals surface area contributed by atoms with Gasteiger partial charge in [0.25, 0.3) is 5.92 Å². The Morgan fingerprint density at radius 1 is 1.50 bits per heavy atom. The van der Waals surface area contributed by atoms with Gasteiger partial charge < -0.3 is 0 Å². The molecule has 0 aromatic heterocycles. The molecule has 1 rings (SSSR count). The maximum Gasteiger partial charge on any atom is 0.261 e. The molecule has 0 unspecified atom stereocenters. The minimum absolute atomic E-state index is 0.00522. The van der Waals surface area contributed by atoms with Gasteiger partial charge in [0.1, 0.15) is 0 Å². The number of likely N-dealkylation sites (tertiary alicyclic amines) is 1. The molecule has 14 heavy (non-hydrogen) atoms. The topological polar surface area (TPSA) is 3.24 Å². The fraction of sp³-hybridized carbons (Fsp3) is 0.727. The minimum Gasteiger partial charge on any atom is -0.293 e. The summed E-state index contributed by atoms with van der Waals surface area (Å²) in [5.41, 5.74) is 3.00. The predicted molar refractivity (Wildman–Crippen MR) is 53.5 cm³/mol. The molecule has 0 spiro atoms. The van der Waals surface area contributed by atoms with Crippen molar-refractivity contribution >= 4 is 0 Å². The summed E-state index contributed by atoms with van der Waals surface area (Å²) in [4.78, 5) is 1.75. The highest BCUT2D eigenvalue weighted by atomic mass is 19.3. The molecule has 1 saturated heterocycles. The molecule has 80 valence electrons. The molecule has 0 N–H and O–H groups in total. The molecule has 1 fully saturated rings. The first-order valence-corrected chi connectivity index (χ1v) is 5.01. The van der Waals surface area contributed by atoms with E-state index in [9.17, 15) is 8.78 Å². The first kappa shape index (κ1) is 11.4. The van der Waals surface area contributed by atoms with Crippen molar-refractivity contribution in [3.63, 3.8) is 0 Å². The van der Waals surface area contributed by atoms with Crippen LogP contribution in [0, 0.1) is 5.92 Å². The molecule has 1 heterocycles. The minimum atomic E-state index is -2.48. The number of rotatable bonds is 3. The summed E-state index contributed by atoms with van der Waals surface area (Å²) in [6.45, 7) is 5.09. The lowest BCUT2D eigenvalue weighted by atomic mass is 10.2. The Balaban J connectivity index is 2.30. The second-order valence-electron chi connectivity index (χ2n) is 4.12. The Labute approximate surface area is 84.1 Å². The number of halogens is 2. The SMILES string of the molecule is CC(C)C=C=CCN1CCC(F)(F)C1. The van der Waals surface area contributed by atoms with E-state index < -0.39 is 5.92 Å². The fourth-order valence-corrected chi connectivity index (χ4v) is 1.41. The lowest BCUT2D eigenvalue weighted by Crippen LogP contribution is -2.25. The fourth-order valence-electron chi connectivity index (χ4n) is 1.41. The van der Waals surface area contributed by atoms with Gasteiger partial charge in [-0.3, -0.25) is 4.90 Å². The zero-order valence-corrected chi connectivity index (χ0v) is 8.76. The zero-order chi connectivity index (χ0) is 10.6. The van der Waals surface area contributed by atoms with Crippen LogP contribution in [-0.2, 0) is 0 Å². The number of hydrogen-bond donors (Lipinski definition) is 0. The number of alkyl halides is 2. The summed E-state index contributed by atoms with van der Waals surface area (Å²) in [6, 6.07) is 0. The van der Waals surface area contributed by atoms with Crippen LogP contribution in [0.25, 0.3) is 0 Å². The maximum atomic E-state index is 12.7. The highest BCUT2D eigenvalue weighted by Gasteiger charge is 2.37. The Morgan fingerprint density at radius 3 is 2.71 bits per heavy atom. The second-order valence-corrected chi connectivity index (χ2v) is 4.12. The summed E-state index contributed by atoms with van der Waals surface area (Å²) in [5, 5.41) is 0. The second kappa shape index (κ2) is 4.72. The molecule has 0 aromatic carbocycles. The first-order chi connectivity index (χ1) is 6.49. The first-order valence-electron chi connectivity index (χ1n) is 5.01. The van der Waals surface area contributed by atoms with Gasteiger partial charge in [-0.15, -0.1) is 5.73 Å². The molecule has 0 amide bonds. The van der Waals surface area contributed by atoms with Gasteiger partial charge in [-0.2, -0.15) is 0 Å². The van der Waals surface area contributed by atoms with E-state index in [2.05, 4.69) is 19.6 Å². The molecule has 0 radical (unpaired) electrons.